The van der Waals surface area contributed by atoms with Gasteiger partial charge in [-0.3, -0.25) is 4.57 Å². The number of benzene rings is 5. The topological polar surface area (TPSA) is 56.5 Å². The lowest BCUT2D eigenvalue weighted by Crippen LogP contribution is -2.03. The van der Waals surface area contributed by atoms with E-state index in [1.54, 1.807) is 0 Å². The zero-order chi connectivity index (χ0) is 28.5. The minimum atomic E-state index is 0.411. The average Bonchev–Trinajstić information content (AvgIpc) is 3.45. The van der Waals surface area contributed by atoms with Crippen molar-refractivity contribution < 1.29 is 0 Å². The van der Waals surface area contributed by atoms with Gasteiger partial charge in [-0.2, -0.15) is 0 Å². The highest BCUT2D eigenvalue weighted by molar-refractivity contribution is 5.87. The largest absolute Gasteiger partial charge is 0.292 e. The Morgan fingerprint density at radius 1 is 0.500 bits per heavy atom. The number of para-hydroxylation sites is 2. The summed E-state index contributed by atoms with van der Waals surface area (Å²) in [6.45, 7) is 4.44. The van der Waals surface area contributed by atoms with Gasteiger partial charge < -0.3 is 0 Å². The summed E-state index contributed by atoms with van der Waals surface area (Å²) in [5, 5.41) is 0. The predicted octanol–water partition coefficient (Wildman–Crippen LogP) is 9.00. The molecule has 7 rings (SSSR count). The van der Waals surface area contributed by atoms with Gasteiger partial charge in [-0.25, -0.2) is 19.9 Å². The summed E-state index contributed by atoms with van der Waals surface area (Å²) in [6, 6.07) is 45.4. The Hall–Kier alpha value is -5.42. The van der Waals surface area contributed by atoms with E-state index in [0.29, 0.717) is 23.4 Å². The summed E-state index contributed by atoms with van der Waals surface area (Å²) >= 11 is 0. The lowest BCUT2D eigenvalue weighted by molar-refractivity contribution is 0.863. The number of hydrogen-bond acceptors (Lipinski definition) is 4. The van der Waals surface area contributed by atoms with Crippen LogP contribution in [0, 0.1) is 0 Å². The molecule has 0 aliphatic heterocycles. The highest BCUT2D eigenvalue weighted by Crippen LogP contribution is 2.36. The van der Waals surface area contributed by atoms with E-state index >= 15 is 0 Å². The number of imidazole rings is 1. The lowest BCUT2D eigenvalue weighted by Gasteiger charge is -2.15. The van der Waals surface area contributed by atoms with Crippen LogP contribution in [0.1, 0.15) is 25.3 Å². The van der Waals surface area contributed by atoms with Crippen LogP contribution in [-0.4, -0.2) is 24.5 Å². The van der Waals surface area contributed by atoms with Crippen LogP contribution in [-0.2, 0) is 0 Å². The van der Waals surface area contributed by atoms with Crippen LogP contribution in [0.25, 0.3) is 62.3 Å². The average molecular weight is 544 g/mol. The molecule has 0 saturated heterocycles. The third-order valence-corrected chi connectivity index (χ3v) is 7.46. The van der Waals surface area contributed by atoms with Gasteiger partial charge in [-0.1, -0.05) is 123 Å². The molecule has 0 aliphatic carbocycles. The molecular weight excluding hydrogens is 514 g/mol. The SMILES string of the molecule is CC(C)c1cccc(-n2c(-c3ccccc3-c3nc(-c4ccccc4)nc(-c4ccccc4)n3)nc3ccccc32)c1. The van der Waals surface area contributed by atoms with E-state index in [9.17, 15) is 0 Å². The van der Waals surface area contributed by atoms with Gasteiger partial charge in [0, 0.05) is 27.9 Å². The highest BCUT2D eigenvalue weighted by atomic mass is 15.1. The van der Waals surface area contributed by atoms with Crippen molar-refractivity contribution in [2.24, 2.45) is 0 Å². The minimum Gasteiger partial charge on any atom is -0.292 e. The van der Waals surface area contributed by atoms with Crippen molar-refractivity contribution in [3.8, 4) is 51.2 Å². The molecule has 5 aromatic carbocycles. The third kappa shape index (κ3) is 4.75. The zero-order valence-corrected chi connectivity index (χ0v) is 23.5. The Balaban J connectivity index is 1.48. The Kier molecular flexibility index (Phi) is 6.61. The van der Waals surface area contributed by atoms with Crippen molar-refractivity contribution in [1.82, 2.24) is 24.5 Å². The fourth-order valence-electron chi connectivity index (χ4n) is 5.29. The van der Waals surface area contributed by atoms with Gasteiger partial charge >= 0.3 is 0 Å². The molecular formula is C37H29N5. The van der Waals surface area contributed by atoms with E-state index < -0.39 is 0 Å². The highest BCUT2D eigenvalue weighted by Gasteiger charge is 2.20. The summed E-state index contributed by atoms with van der Waals surface area (Å²) in [7, 11) is 0. The maximum Gasteiger partial charge on any atom is 0.164 e. The first kappa shape index (κ1) is 25.5. The smallest absolute Gasteiger partial charge is 0.164 e. The molecule has 0 aliphatic rings. The Bertz CT molecular complexity index is 1950. The molecule has 0 N–H and O–H groups in total. The van der Waals surface area contributed by atoms with Gasteiger partial charge in [0.05, 0.1) is 11.0 Å². The summed E-state index contributed by atoms with van der Waals surface area (Å²) in [5.74, 6) is 3.12. The second-order valence-corrected chi connectivity index (χ2v) is 10.6. The number of hydrogen-bond donors (Lipinski definition) is 0. The molecule has 2 aromatic heterocycles. The molecule has 0 amide bonds. The van der Waals surface area contributed by atoms with Crippen molar-refractivity contribution in [3.05, 3.63) is 139 Å². The van der Waals surface area contributed by atoms with Crippen LogP contribution >= 0.6 is 0 Å². The second-order valence-electron chi connectivity index (χ2n) is 10.6. The molecule has 7 aromatic rings. The molecule has 5 nitrogen and oxygen atoms in total. The van der Waals surface area contributed by atoms with Crippen molar-refractivity contribution >= 4 is 11.0 Å². The maximum atomic E-state index is 5.17. The summed E-state index contributed by atoms with van der Waals surface area (Å²) < 4.78 is 2.25. The molecule has 0 atom stereocenters. The first-order valence-electron chi connectivity index (χ1n) is 14.2. The van der Waals surface area contributed by atoms with Crippen molar-refractivity contribution in [3.63, 3.8) is 0 Å². The molecule has 0 radical (unpaired) electrons. The number of aromatic nitrogens is 5. The lowest BCUT2D eigenvalue weighted by atomic mass is 10.0. The van der Waals surface area contributed by atoms with Gasteiger partial charge in [-0.15, -0.1) is 0 Å². The molecule has 0 unspecified atom stereocenters. The van der Waals surface area contributed by atoms with Crippen LogP contribution in [0.4, 0.5) is 0 Å². The second kappa shape index (κ2) is 10.9. The first-order valence-corrected chi connectivity index (χ1v) is 14.2. The number of rotatable bonds is 6. The zero-order valence-electron chi connectivity index (χ0n) is 23.5. The van der Waals surface area contributed by atoms with E-state index in [4.69, 9.17) is 19.9 Å². The van der Waals surface area contributed by atoms with E-state index in [0.717, 1.165) is 44.8 Å². The van der Waals surface area contributed by atoms with Gasteiger partial charge in [0.2, 0.25) is 0 Å². The summed E-state index contributed by atoms with van der Waals surface area (Å²) in [6.07, 6.45) is 0. The van der Waals surface area contributed by atoms with Crippen LogP contribution in [0.15, 0.2) is 133 Å². The van der Waals surface area contributed by atoms with Crippen LogP contribution < -0.4 is 0 Å². The molecule has 0 saturated carbocycles. The molecule has 202 valence electrons. The Morgan fingerprint density at radius 2 is 1.07 bits per heavy atom. The van der Waals surface area contributed by atoms with Crippen LogP contribution in [0.2, 0.25) is 0 Å². The predicted molar refractivity (Wildman–Crippen MR) is 170 cm³/mol. The standard InChI is InChI=1S/C37H29N5/c1-25(2)28-18-13-19-29(24-28)42-33-23-12-11-22-32(33)38-37(42)31-21-10-9-20-30(31)36-40-34(26-14-5-3-6-15-26)39-35(41-36)27-16-7-4-8-17-27/h3-25H,1-2H3. The Morgan fingerprint density at radius 3 is 1.74 bits per heavy atom. The first-order chi connectivity index (χ1) is 20.7. The summed E-state index contributed by atoms with van der Waals surface area (Å²) in [4.78, 5) is 20.1. The minimum absolute atomic E-state index is 0.411. The van der Waals surface area contributed by atoms with Gasteiger partial charge in [0.1, 0.15) is 5.82 Å². The van der Waals surface area contributed by atoms with Gasteiger partial charge in [-0.05, 0) is 35.7 Å². The van der Waals surface area contributed by atoms with Gasteiger partial charge in [0.25, 0.3) is 0 Å². The maximum absolute atomic E-state index is 5.17. The van der Waals surface area contributed by atoms with E-state index in [2.05, 4.69) is 73.0 Å². The molecule has 0 bridgehead atoms. The summed E-state index contributed by atoms with van der Waals surface area (Å²) in [5.41, 5.74) is 8.06. The van der Waals surface area contributed by atoms with Crippen LogP contribution in [0.3, 0.4) is 0 Å². The molecule has 0 fully saturated rings. The molecule has 2 heterocycles. The molecule has 0 spiro atoms. The molecule has 5 heteroatoms. The molecule has 42 heavy (non-hydrogen) atoms. The number of fused-ring (bicyclic) bond motifs is 1. The van der Waals surface area contributed by atoms with Gasteiger partial charge in [0.15, 0.2) is 17.5 Å². The van der Waals surface area contributed by atoms with E-state index in [-0.39, 0.29) is 0 Å². The Labute approximate surface area is 245 Å². The monoisotopic (exact) mass is 543 g/mol. The number of nitrogens with zero attached hydrogens (tertiary/aromatic N) is 5. The normalized spacial score (nSPS) is 11.3. The fourth-order valence-corrected chi connectivity index (χ4v) is 5.29. The van der Waals surface area contributed by atoms with Crippen molar-refractivity contribution in [2.45, 2.75) is 19.8 Å². The quantitative estimate of drug-likeness (QED) is 0.210. The van der Waals surface area contributed by atoms with E-state index in [1.807, 2.05) is 78.9 Å². The fraction of sp³-hybridized carbons (Fsp3) is 0.0811. The third-order valence-electron chi connectivity index (χ3n) is 7.46. The van der Waals surface area contributed by atoms with Crippen LogP contribution in [0.5, 0.6) is 0 Å². The van der Waals surface area contributed by atoms with Crippen molar-refractivity contribution in [2.75, 3.05) is 0 Å². The van der Waals surface area contributed by atoms with E-state index in [1.165, 1.54) is 5.56 Å². The van der Waals surface area contributed by atoms with Crippen molar-refractivity contribution in [1.29, 1.82) is 0 Å².